The molecule has 3 atom stereocenters. The van der Waals surface area contributed by atoms with Gasteiger partial charge in [0.05, 0.1) is 12.0 Å². The highest BCUT2D eigenvalue weighted by Crippen LogP contribution is 2.39. The lowest BCUT2D eigenvalue weighted by atomic mass is 9.93. The number of carbonyl (C=O) groups is 2. The van der Waals surface area contributed by atoms with E-state index in [1.807, 2.05) is 0 Å². The highest BCUT2D eigenvalue weighted by atomic mass is 32.1. The Bertz CT molecular complexity index is 857. The van der Waals surface area contributed by atoms with Crippen molar-refractivity contribution < 1.29 is 19.1 Å². The molecule has 0 amide bonds. The Morgan fingerprint density at radius 2 is 1.94 bits per heavy atom. The number of hydrogen-bond acceptors (Lipinski definition) is 5. The van der Waals surface area contributed by atoms with Crippen molar-refractivity contribution in [2.75, 3.05) is 32.7 Å². The summed E-state index contributed by atoms with van der Waals surface area (Å²) in [7, 11) is 0. The summed E-state index contributed by atoms with van der Waals surface area (Å²) in [4.78, 5) is 28.8. The van der Waals surface area contributed by atoms with Crippen molar-refractivity contribution in [1.29, 1.82) is 0 Å². The molecule has 31 heavy (non-hydrogen) atoms. The molecule has 0 bridgehead atoms. The molecule has 1 aromatic carbocycles. The Labute approximate surface area is 188 Å². The first-order chi connectivity index (χ1) is 14.9. The maximum atomic E-state index is 14.6. The number of carboxylic acids is 1. The zero-order valence-electron chi connectivity index (χ0n) is 17.8. The van der Waals surface area contributed by atoms with Crippen LogP contribution in [0.1, 0.15) is 43.7 Å². The fourth-order valence-electron chi connectivity index (χ4n) is 4.80. The number of hydrogen-bond donors (Lipinski definition) is 2. The summed E-state index contributed by atoms with van der Waals surface area (Å²) in [5.41, 5.74) is 1.61. The number of halogens is 1. The Kier molecular flexibility index (Phi) is 7.14. The first-order valence-electron chi connectivity index (χ1n) is 11.3. The molecule has 3 unspecified atom stereocenters. The first-order valence-corrected chi connectivity index (χ1v) is 11.8. The van der Waals surface area contributed by atoms with Crippen LogP contribution in [0.3, 0.4) is 0 Å². The minimum Gasteiger partial charge on any atom is -0.481 e. The van der Waals surface area contributed by atoms with Gasteiger partial charge in [0.2, 0.25) is 0 Å². The predicted molar refractivity (Wildman–Crippen MR) is 121 cm³/mol. The van der Waals surface area contributed by atoms with Gasteiger partial charge in [0.25, 0.3) is 0 Å². The minimum absolute atomic E-state index is 0.0482. The number of rotatable bonds is 7. The molecule has 5 nitrogen and oxygen atoms in total. The fourth-order valence-corrected chi connectivity index (χ4v) is 5.10. The summed E-state index contributed by atoms with van der Waals surface area (Å²) in [6.07, 6.45) is 6.37. The van der Waals surface area contributed by atoms with E-state index in [0.717, 1.165) is 44.2 Å². The van der Waals surface area contributed by atoms with Gasteiger partial charge >= 0.3 is 5.97 Å². The van der Waals surface area contributed by atoms with E-state index in [1.165, 1.54) is 6.07 Å². The monoisotopic (exact) mass is 446 g/mol. The number of ketones is 1. The molecule has 3 fully saturated rings. The van der Waals surface area contributed by atoms with Gasteiger partial charge < -0.3 is 5.11 Å². The van der Waals surface area contributed by atoms with Gasteiger partial charge in [0.1, 0.15) is 5.82 Å². The summed E-state index contributed by atoms with van der Waals surface area (Å²) >= 11 is 4.76. The average molecular weight is 447 g/mol. The van der Waals surface area contributed by atoms with Crippen molar-refractivity contribution in [3.05, 3.63) is 47.3 Å². The molecule has 168 valence electrons. The van der Waals surface area contributed by atoms with Crippen LogP contribution in [-0.4, -0.2) is 64.6 Å². The topological polar surface area (TPSA) is 60.9 Å². The summed E-state index contributed by atoms with van der Waals surface area (Å²) in [6.45, 7) is 3.44. The van der Waals surface area contributed by atoms with Crippen molar-refractivity contribution in [1.82, 2.24) is 9.80 Å². The number of benzene rings is 1. The quantitative estimate of drug-likeness (QED) is 0.495. The van der Waals surface area contributed by atoms with Crippen LogP contribution in [0.5, 0.6) is 0 Å². The molecular formula is C24H31FN2O3S. The molecule has 0 spiro atoms. The van der Waals surface area contributed by atoms with E-state index >= 15 is 0 Å². The summed E-state index contributed by atoms with van der Waals surface area (Å²) in [6, 6.07) is 6.06. The zero-order valence-corrected chi connectivity index (χ0v) is 18.6. The van der Waals surface area contributed by atoms with Crippen molar-refractivity contribution in [2.24, 2.45) is 11.8 Å². The van der Waals surface area contributed by atoms with Crippen LogP contribution in [0, 0.1) is 17.7 Å². The lowest BCUT2D eigenvalue weighted by Gasteiger charge is -2.38. The lowest BCUT2D eigenvalue weighted by Crippen LogP contribution is -2.43. The maximum absolute atomic E-state index is 14.6. The van der Waals surface area contributed by atoms with E-state index in [2.05, 4.69) is 15.9 Å². The van der Waals surface area contributed by atoms with Crippen molar-refractivity contribution in [3.8, 4) is 0 Å². The molecule has 1 aliphatic carbocycles. The SMILES string of the molecule is O=C(O)C1CCCN(C/C=C2/CN(C(C(=O)C3CC3)c3ccccc3F)CCC2S)C1. The summed E-state index contributed by atoms with van der Waals surface area (Å²) in [5.74, 6) is -1.18. The number of Topliss-reactive ketones (excluding diaryl/α,β-unsaturated/α-hetero) is 1. The molecule has 1 saturated carbocycles. The van der Waals surface area contributed by atoms with E-state index in [1.54, 1.807) is 18.2 Å². The van der Waals surface area contributed by atoms with Crippen LogP contribution < -0.4 is 0 Å². The summed E-state index contributed by atoms with van der Waals surface area (Å²) < 4.78 is 14.6. The van der Waals surface area contributed by atoms with Crippen molar-refractivity contribution >= 4 is 24.4 Å². The molecule has 4 rings (SSSR count). The molecule has 0 radical (unpaired) electrons. The Morgan fingerprint density at radius 1 is 1.16 bits per heavy atom. The number of piperidine rings is 2. The largest absolute Gasteiger partial charge is 0.481 e. The average Bonchev–Trinajstić information content (AvgIpc) is 3.61. The number of carbonyl (C=O) groups excluding carboxylic acids is 1. The van der Waals surface area contributed by atoms with Gasteiger partial charge in [-0.2, -0.15) is 12.6 Å². The maximum Gasteiger partial charge on any atom is 0.307 e. The van der Waals surface area contributed by atoms with Crippen molar-refractivity contribution in [3.63, 3.8) is 0 Å². The van der Waals surface area contributed by atoms with E-state index in [4.69, 9.17) is 12.6 Å². The smallest absolute Gasteiger partial charge is 0.307 e. The Morgan fingerprint density at radius 3 is 2.65 bits per heavy atom. The van der Waals surface area contributed by atoms with Crippen LogP contribution in [0.25, 0.3) is 0 Å². The lowest BCUT2D eigenvalue weighted by molar-refractivity contribution is -0.143. The summed E-state index contributed by atoms with van der Waals surface area (Å²) in [5, 5.41) is 9.42. The molecular weight excluding hydrogens is 415 g/mol. The molecule has 0 aromatic heterocycles. The van der Waals surface area contributed by atoms with Crippen LogP contribution >= 0.6 is 12.6 Å². The van der Waals surface area contributed by atoms with Crippen LogP contribution in [0.15, 0.2) is 35.9 Å². The van der Waals surface area contributed by atoms with E-state index in [9.17, 15) is 19.1 Å². The highest BCUT2D eigenvalue weighted by Gasteiger charge is 2.40. The van der Waals surface area contributed by atoms with E-state index < -0.39 is 12.0 Å². The molecule has 2 aliphatic heterocycles. The molecule has 1 aromatic rings. The third-order valence-electron chi connectivity index (χ3n) is 6.78. The number of carboxylic acid groups (broad SMARTS) is 1. The van der Waals surface area contributed by atoms with E-state index in [0.29, 0.717) is 31.7 Å². The second-order valence-corrected chi connectivity index (χ2v) is 9.71. The van der Waals surface area contributed by atoms with Crippen LogP contribution in [0.2, 0.25) is 0 Å². The number of nitrogens with zero attached hydrogens (tertiary/aromatic N) is 2. The number of thiol groups is 1. The fraction of sp³-hybridized carbons (Fsp3) is 0.583. The number of aliphatic carboxylic acids is 1. The van der Waals surface area contributed by atoms with Gasteiger partial charge in [0, 0.05) is 42.9 Å². The third-order valence-corrected chi connectivity index (χ3v) is 7.37. The van der Waals surface area contributed by atoms with Crippen LogP contribution in [0.4, 0.5) is 4.39 Å². The van der Waals surface area contributed by atoms with Gasteiger partial charge in [-0.15, -0.1) is 0 Å². The van der Waals surface area contributed by atoms with Gasteiger partial charge in [-0.05, 0) is 50.3 Å². The second kappa shape index (κ2) is 9.84. The molecule has 7 heteroatoms. The van der Waals surface area contributed by atoms with Gasteiger partial charge in [-0.3, -0.25) is 19.4 Å². The predicted octanol–water partition coefficient (Wildman–Crippen LogP) is 3.57. The third kappa shape index (κ3) is 5.38. The van der Waals surface area contributed by atoms with Gasteiger partial charge in [0.15, 0.2) is 5.78 Å². The molecule has 3 aliphatic rings. The zero-order chi connectivity index (χ0) is 22.0. The van der Waals surface area contributed by atoms with Crippen molar-refractivity contribution in [2.45, 2.75) is 43.4 Å². The Hall–Kier alpha value is -1.70. The van der Waals surface area contributed by atoms with E-state index in [-0.39, 0.29) is 28.7 Å². The van der Waals surface area contributed by atoms with Gasteiger partial charge in [-0.25, -0.2) is 4.39 Å². The number of likely N-dealkylation sites (tertiary alicyclic amines) is 2. The normalized spacial score (nSPS) is 27.9. The Balaban J connectivity index is 1.49. The van der Waals surface area contributed by atoms with Gasteiger partial charge in [-0.1, -0.05) is 24.3 Å². The van der Waals surface area contributed by atoms with Crippen LogP contribution in [-0.2, 0) is 9.59 Å². The molecule has 2 heterocycles. The minimum atomic E-state index is -0.723. The second-order valence-electron chi connectivity index (χ2n) is 9.09. The molecule has 1 N–H and O–H groups in total. The standard InChI is InChI=1S/C24H31FN2O3S/c25-20-6-2-1-5-19(20)22(23(28)16-7-8-16)27-13-10-21(31)17(15-27)9-12-26-11-3-4-18(14-26)24(29)30/h1-2,5-6,9,16,18,21-22,31H,3-4,7-8,10-15H2,(H,29,30)/b17-9-. The molecule has 2 saturated heterocycles. The first kappa shape index (κ1) is 22.5. The highest BCUT2D eigenvalue weighted by molar-refractivity contribution is 7.81.